The zero-order valence-electron chi connectivity index (χ0n) is 10.1. The van der Waals surface area contributed by atoms with E-state index in [4.69, 9.17) is 10.9 Å². The van der Waals surface area contributed by atoms with Gasteiger partial charge in [0.1, 0.15) is 12.1 Å². The minimum absolute atomic E-state index is 0.121. The Hall–Kier alpha value is -2.09. The van der Waals surface area contributed by atoms with Crippen molar-refractivity contribution in [1.29, 1.82) is 0 Å². The normalized spacial score (nSPS) is 11.8. The highest BCUT2D eigenvalue weighted by Crippen LogP contribution is 2.21. The van der Waals surface area contributed by atoms with E-state index in [-0.39, 0.29) is 5.84 Å². The van der Waals surface area contributed by atoms with Gasteiger partial charge in [0.2, 0.25) is 0 Å². The molecule has 0 fully saturated rings. The van der Waals surface area contributed by atoms with Gasteiger partial charge in [0.15, 0.2) is 11.0 Å². The summed E-state index contributed by atoms with van der Waals surface area (Å²) in [6.07, 6.45) is 1.45. The van der Waals surface area contributed by atoms with Gasteiger partial charge in [0.25, 0.3) is 0 Å². The number of hydrogen-bond donors (Lipinski definition) is 2. The molecule has 2 rings (SSSR count). The van der Waals surface area contributed by atoms with Crippen LogP contribution in [0.2, 0.25) is 0 Å². The standard InChI is InChI=1S/C11H12FN5OS/c1-17-11(14-6-15-17)19-5-7-2-8(10(13)16-18)4-9(12)3-7/h2-4,6,18H,5H2,1H3,(H2,13,16). The number of aromatic nitrogens is 3. The van der Waals surface area contributed by atoms with Crippen LogP contribution in [0.25, 0.3) is 0 Å². The molecule has 0 saturated carbocycles. The molecule has 0 bridgehead atoms. The van der Waals surface area contributed by atoms with Gasteiger partial charge in [-0.25, -0.2) is 14.1 Å². The number of hydrogen-bond acceptors (Lipinski definition) is 5. The molecule has 6 nitrogen and oxygen atoms in total. The van der Waals surface area contributed by atoms with Crippen LogP contribution < -0.4 is 5.73 Å². The molecule has 8 heteroatoms. The van der Waals surface area contributed by atoms with Crippen molar-refractivity contribution in [3.63, 3.8) is 0 Å². The Balaban J connectivity index is 2.17. The summed E-state index contributed by atoms with van der Waals surface area (Å²) in [5.74, 6) is -0.0437. The van der Waals surface area contributed by atoms with Gasteiger partial charge >= 0.3 is 0 Å². The highest BCUT2D eigenvalue weighted by molar-refractivity contribution is 7.98. The third kappa shape index (κ3) is 3.22. The van der Waals surface area contributed by atoms with Crippen LogP contribution in [0.15, 0.2) is 34.8 Å². The topological polar surface area (TPSA) is 89.3 Å². The zero-order valence-corrected chi connectivity index (χ0v) is 10.9. The fraction of sp³-hybridized carbons (Fsp3) is 0.182. The Bertz CT molecular complexity index is 613. The second-order valence-corrected chi connectivity index (χ2v) is 4.73. The van der Waals surface area contributed by atoms with Crippen molar-refractivity contribution in [1.82, 2.24) is 14.8 Å². The SMILES string of the molecule is Cn1ncnc1SCc1cc(F)cc(/C(N)=N/O)c1. The van der Waals surface area contributed by atoms with Crippen LogP contribution in [0.1, 0.15) is 11.1 Å². The van der Waals surface area contributed by atoms with Crippen molar-refractivity contribution in [2.45, 2.75) is 10.9 Å². The third-order valence-corrected chi connectivity index (χ3v) is 3.50. The van der Waals surface area contributed by atoms with Gasteiger partial charge in [-0.3, -0.25) is 0 Å². The average Bonchev–Trinajstić information content (AvgIpc) is 2.80. The second kappa shape index (κ2) is 5.70. The van der Waals surface area contributed by atoms with Crippen LogP contribution in [0.5, 0.6) is 0 Å². The lowest BCUT2D eigenvalue weighted by atomic mass is 10.1. The van der Waals surface area contributed by atoms with Crippen LogP contribution in [0.4, 0.5) is 4.39 Å². The summed E-state index contributed by atoms with van der Waals surface area (Å²) >= 11 is 1.42. The molecule has 2 aromatic rings. The molecule has 0 atom stereocenters. The zero-order chi connectivity index (χ0) is 13.8. The van der Waals surface area contributed by atoms with Crippen LogP contribution in [-0.4, -0.2) is 25.8 Å². The summed E-state index contributed by atoms with van der Waals surface area (Å²) in [6, 6.07) is 4.28. The quantitative estimate of drug-likeness (QED) is 0.290. The van der Waals surface area contributed by atoms with E-state index in [0.29, 0.717) is 11.3 Å². The van der Waals surface area contributed by atoms with Gasteiger partial charge in [0, 0.05) is 18.4 Å². The summed E-state index contributed by atoms with van der Waals surface area (Å²) in [4.78, 5) is 4.06. The first-order chi connectivity index (χ1) is 9.10. The maximum atomic E-state index is 13.4. The first-order valence-electron chi connectivity index (χ1n) is 5.34. The number of halogens is 1. The van der Waals surface area contributed by atoms with Crippen molar-refractivity contribution >= 4 is 17.6 Å². The van der Waals surface area contributed by atoms with E-state index in [1.54, 1.807) is 17.8 Å². The van der Waals surface area contributed by atoms with Gasteiger partial charge in [-0.15, -0.1) is 0 Å². The van der Waals surface area contributed by atoms with Crippen LogP contribution >= 0.6 is 11.8 Å². The first kappa shape index (κ1) is 13.3. The Morgan fingerprint density at radius 1 is 1.53 bits per heavy atom. The predicted molar refractivity (Wildman–Crippen MR) is 69.5 cm³/mol. The molecular weight excluding hydrogens is 269 g/mol. The highest BCUT2D eigenvalue weighted by Gasteiger charge is 2.07. The van der Waals surface area contributed by atoms with Crippen molar-refractivity contribution in [3.05, 3.63) is 41.5 Å². The fourth-order valence-corrected chi connectivity index (χ4v) is 2.32. The fourth-order valence-electron chi connectivity index (χ4n) is 1.50. The van der Waals surface area contributed by atoms with E-state index >= 15 is 0 Å². The molecule has 1 aromatic heterocycles. The third-order valence-electron chi connectivity index (χ3n) is 2.40. The summed E-state index contributed by atoms with van der Waals surface area (Å²) in [5.41, 5.74) is 6.51. The number of nitrogens with zero attached hydrogens (tertiary/aromatic N) is 4. The number of rotatable bonds is 4. The lowest BCUT2D eigenvalue weighted by molar-refractivity contribution is 0.318. The van der Waals surface area contributed by atoms with Crippen molar-refractivity contribution < 1.29 is 9.60 Å². The Kier molecular flexibility index (Phi) is 4.00. The number of oxime groups is 1. The number of benzene rings is 1. The molecule has 0 unspecified atom stereocenters. The maximum absolute atomic E-state index is 13.4. The second-order valence-electron chi connectivity index (χ2n) is 3.79. The Morgan fingerprint density at radius 2 is 2.32 bits per heavy atom. The summed E-state index contributed by atoms with van der Waals surface area (Å²) in [7, 11) is 1.78. The van der Waals surface area contributed by atoms with E-state index < -0.39 is 5.82 Å². The molecule has 3 N–H and O–H groups in total. The Morgan fingerprint density at radius 3 is 2.95 bits per heavy atom. The van der Waals surface area contributed by atoms with Crippen molar-refractivity contribution in [3.8, 4) is 0 Å². The van der Waals surface area contributed by atoms with Crippen LogP contribution in [0.3, 0.4) is 0 Å². The predicted octanol–water partition coefficient (Wildman–Crippen LogP) is 1.34. The molecule has 1 aromatic carbocycles. The maximum Gasteiger partial charge on any atom is 0.186 e. The van der Waals surface area contributed by atoms with Crippen LogP contribution in [0, 0.1) is 5.82 Å². The van der Waals surface area contributed by atoms with Crippen LogP contribution in [-0.2, 0) is 12.8 Å². The molecule has 1 heterocycles. The van der Waals surface area contributed by atoms with Gasteiger partial charge in [0.05, 0.1) is 0 Å². The highest BCUT2D eigenvalue weighted by atomic mass is 32.2. The number of amidine groups is 1. The lowest BCUT2D eigenvalue weighted by Crippen LogP contribution is -2.13. The average molecular weight is 281 g/mol. The smallest absolute Gasteiger partial charge is 0.186 e. The first-order valence-corrected chi connectivity index (χ1v) is 6.33. The van der Waals surface area contributed by atoms with Gasteiger partial charge in [-0.2, -0.15) is 5.10 Å². The van der Waals surface area contributed by atoms with E-state index in [0.717, 1.165) is 10.7 Å². The minimum atomic E-state index is -0.433. The summed E-state index contributed by atoms with van der Waals surface area (Å²) in [6.45, 7) is 0. The molecule has 0 saturated heterocycles. The summed E-state index contributed by atoms with van der Waals surface area (Å²) in [5, 5.41) is 16.1. The van der Waals surface area contributed by atoms with Crippen molar-refractivity contribution in [2.75, 3.05) is 0 Å². The van der Waals surface area contributed by atoms with Crippen molar-refractivity contribution in [2.24, 2.45) is 17.9 Å². The van der Waals surface area contributed by atoms with E-state index in [1.165, 1.54) is 30.2 Å². The molecule has 0 spiro atoms. The largest absolute Gasteiger partial charge is 0.409 e. The molecule has 0 radical (unpaired) electrons. The number of aryl methyl sites for hydroxylation is 1. The molecule has 0 amide bonds. The summed E-state index contributed by atoms with van der Waals surface area (Å²) < 4.78 is 15.1. The Labute approximate surface area is 113 Å². The minimum Gasteiger partial charge on any atom is -0.409 e. The molecule has 0 aliphatic rings. The molecule has 19 heavy (non-hydrogen) atoms. The molecular formula is C11H12FN5OS. The lowest BCUT2D eigenvalue weighted by Gasteiger charge is -2.05. The molecule has 0 aliphatic carbocycles. The molecule has 100 valence electrons. The molecule has 0 aliphatic heterocycles. The van der Waals surface area contributed by atoms with Gasteiger partial charge in [-0.1, -0.05) is 16.9 Å². The monoisotopic (exact) mass is 281 g/mol. The number of nitrogens with two attached hydrogens (primary N) is 1. The number of thioether (sulfide) groups is 1. The van der Waals surface area contributed by atoms with E-state index in [2.05, 4.69) is 15.2 Å². The van der Waals surface area contributed by atoms with E-state index in [1.807, 2.05) is 0 Å². The van der Waals surface area contributed by atoms with E-state index in [9.17, 15) is 4.39 Å². The van der Waals surface area contributed by atoms with Gasteiger partial charge < -0.3 is 10.9 Å². The van der Waals surface area contributed by atoms with Gasteiger partial charge in [-0.05, 0) is 23.8 Å².